The maximum Gasteiger partial charge on any atom is 0.125 e. The summed E-state index contributed by atoms with van der Waals surface area (Å²) in [4.78, 5) is 0. The van der Waals surface area contributed by atoms with Crippen LogP contribution in [0.25, 0.3) is 0 Å². The Bertz CT molecular complexity index is 708. The van der Waals surface area contributed by atoms with Crippen LogP contribution in [0.3, 0.4) is 0 Å². The standard InChI is InChI=1S/C21H20O2/c1-3-9-18(10-4-1)15-22-17-20-13-7-8-14-21(20)23-16-19-11-5-2-6-12-19/h1-14H,15-17H2. The van der Waals surface area contributed by atoms with Crippen molar-refractivity contribution < 1.29 is 9.47 Å². The minimum absolute atomic E-state index is 0.542. The van der Waals surface area contributed by atoms with Gasteiger partial charge < -0.3 is 9.47 Å². The predicted molar refractivity (Wildman–Crippen MR) is 92.2 cm³/mol. The normalized spacial score (nSPS) is 10.4. The molecule has 0 aliphatic rings. The third-order valence-corrected chi connectivity index (χ3v) is 3.58. The van der Waals surface area contributed by atoms with Gasteiger partial charge in [-0.25, -0.2) is 0 Å². The van der Waals surface area contributed by atoms with Crippen molar-refractivity contribution in [2.75, 3.05) is 0 Å². The second kappa shape index (κ2) is 8.16. The second-order valence-corrected chi connectivity index (χ2v) is 5.36. The van der Waals surface area contributed by atoms with Crippen LogP contribution in [0.15, 0.2) is 84.9 Å². The molecule has 0 atom stereocenters. The summed E-state index contributed by atoms with van der Waals surface area (Å²) in [6.07, 6.45) is 0. The molecule has 0 saturated heterocycles. The molecule has 3 aromatic rings. The third-order valence-electron chi connectivity index (χ3n) is 3.58. The SMILES string of the molecule is c1ccc(COCc2ccccc2OCc2ccccc2)cc1. The minimum atomic E-state index is 0.542. The van der Waals surface area contributed by atoms with Crippen LogP contribution in [0.5, 0.6) is 5.75 Å². The van der Waals surface area contributed by atoms with E-state index in [1.54, 1.807) is 0 Å². The van der Waals surface area contributed by atoms with Gasteiger partial charge in [-0.05, 0) is 17.2 Å². The molecule has 0 radical (unpaired) electrons. The van der Waals surface area contributed by atoms with Gasteiger partial charge in [0, 0.05) is 5.56 Å². The maximum absolute atomic E-state index is 5.95. The first-order valence-corrected chi connectivity index (χ1v) is 7.78. The molecule has 3 aromatic carbocycles. The molecule has 0 aromatic heterocycles. The minimum Gasteiger partial charge on any atom is -0.489 e. The molecule has 0 N–H and O–H groups in total. The van der Waals surface area contributed by atoms with Crippen molar-refractivity contribution in [1.29, 1.82) is 0 Å². The lowest BCUT2D eigenvalue weighted by molar-refractivity contribution is 0.104. The van der Waals surface area contributed by atoms with E-state index in [4.69, 9.17) is 9.47 Å². The second-order valence-electron chi connectivity index (χ2n) is 5.36. The van der Waals surface area contributed by atoms with E-state index in [1.807, 2.05) is 60.7 Å². The zero-order chi connectivity index (χ0) is 15.7. The average Bonchev–Trinajstić information content (AvgIpc) is 2.63. The molecule has 0 saturated carbocycles. The number of hydrogen-bond acceptors (Lipinski definition) is 2. The highest BCUT2D eigenvalue weighted by Crippen LogP contribution is 2.20. The van der Waals surface area contributed by atoms with Crippen molar-refractivity contribution in [3.63, 3.8) is 0 Å². The number of hydrogen-bond donors (Lipinski definition) is 0. The van der Waals surface area contributed by atoms with Crippen molar-refractivity contribution in [3.05, 3.63) is 102 Å². The Labute approximate surface area is 137 Å². The summed E-state index contributed by atoms with van der Waals surface area (Å²) < 4.78 is 11.8. The number of rotatable bonds is 7. The summed E-state index contributed by atoms with van der Waals surface area (Å²) in [6, 6.07) is 28.4. The summed E-state index contributed by atoms with van der Waals surface area (Å²) >= 11 is 0. The summed E-state index contributed by atoms with van der Waals surface area (Å²) in [7, 11) is 0. The lowest BCUT2D eigenvalue weighted by atomic mass is 10.2. The Morgan fingerprint density at radius 3 is 1.78 bits per heavy atom. The monoisotopic (exact) mass is 304 g/mol. The molecule has 0 bridgehead atoms. The zero-order valence-corrected chi connectivity index (χ0v) is 13.0. The van der Waals surface area contributed by atoms with E-state index in [0.29, 0.717) is 19.8 Å². The summed E-state index contributed by atoms with van der Waals surface area (Å²) in [5.74, 6) is 0.879. The van der Waals surface area contributed by atoms with Crippen molar-refractivity contribution in [2.45, 2.75) is 19.8 Å². The molecule has 0 aliphatic carbocycles. The number of para-hydroxylation sites is 1. The molecule has 2 nitrogen and oxygen atoms in total. The molecule has 2 heteroatoms. The lowest BCUT2D eigenvalue weighted by Gasteiger charge is -2.12. The van der Waals surface area contributed by atoms with Gasteiger partial charge >= 0.3 is 0 Å². The highest BCUT2D eigenvalue weighted by molar-refractivity contribution is 5.33. The van der Waals surface area contributed by atoms with Gasteiger partial charge in [-0.3, -0.25) is 0 Å². The van der Waals surface area contributed by atoms with Crippen LogP contribution >= 0.6 is 0 Å². The first kappa shape index (κ1) is 15.3. The van der Waals surface area contributed by atoms with Gasteiger partial charge in [0.05, 0.1) is 13.2 Å². The third kappa shape index (κ3) is 4.70. The van der Waals surface area contributed by atoms with E-state index in [2.05, 4.69) is 24.3 Å². The van der Waals surface area contributed by atoms with Gasteiger partial charge in [0.1, 0.15) is 12.4 Å². The van der Waals surface area contributed by atoms with Gasteiger partial charge in [0.2, 0.25) is 0 Å². The predicted octanol–water partition coefficient (Wildman–Crippen LogP) is 4.98. The highest BCUT2D eigenvalue weighted by atomic mass is 16.5. The van der Waals surface area contributed by atoms with Gasteiger partial charge in [-0.1, -0.05) is 78.9 Å². The van der Waals surface area contributed by atoms with E-state index in [0.717, 1.165) is 16.9 Å². The van der Waals surface area contributed by atoms with E-state index in [1.165, 1.54) is 5.56 Å². The molecule has 0 unspecified atom stereocenters. The van der Waals surface area contributed by atoms with E-state index in [9.17, 15) is 0 Å². The average molecular weight is 304 g/mol. The first-order chi connectivity index (χ1) is 11.4. The van der Waals surface area contributed by atoms with E-state index >= 15 is 0 Å². The molecule has 116 valence electrons. The molecule has 0 fully saturated rings. The Hall–Kier alpha value is -2.58. The van der Waals surface area contributed by atoms with Crippen molar-refractivity contribution >= 4 is 0 Å². The van der Waals surface area contributed by atoms with E-state index < -0.39 is 0 Å². The van der Waals surface area contributed by atoms with Crippen LogP contribution in [0, 0.1) is 0 Å². The summed E-state index contributed by atoms with van der Waals surface area (Å²) in [5, 5.41) is 0. The molecular weight excluding hydrogens is 284 g/mol. The lowest BCUT2D eigenvalue weighted by Crippen LogP contribution is -2.00. The van der Waals surface area contributed by atoms with Gasteiger partial charge in [0.15, 0.2) is 0 Å². The number of ether oxygens (including phenoxy) is 2. The summed E-state index contributed by atoms with van der Waals surface area (Å²) in [5.41, 5.74) is 3.40. The Kier molecular flexibility index (Phi) is 5.43. The van der Waals surface area contributed by atoms with Crippen molar-refractivity contribution in [1.82, 2.24) is 0 Å². The van der Waals surface area contributed by atoms with Gasteiger partial charge in [0.25, 0.3) is 0 Å². The number of benzene rings is 3. The van der Waals surface area contributed by atoms with Crippen molar-refractivity contribution in [2.24, 2.45) is 0 Å². The topological polar surface area (TPSA) is 18.5 Å². The molecule has 23 heavy (non-hydrogen) atoms. The molecule has 0 heterocycles. The zero-order valence-electron chi connectivity index (χ0n) is 13.0. The fraction of sp³-hybridized carbons (Fsp3) is 0.143. The quantitative estimate of drug-likeness (QED) is 0.612. The van der Waals surface area contributed by atoms with Gasteiger partial charge in [-0.15, -0.1) is 0 Å². The van der Waals surface area contributed by atoms with Crippen LogP contribution < -0.4 is 4.74 Å². The smallest absolute Gasteiger partial charge is 0.125 e. The van der Waals surface area contributed by atoms with Crippen LogP contribution in [0.4, 0.5) is 0 Å². The van der Waals surface area contributed by atoms with Crippen LogP contribution in [-0.4, -0.2) is 0 Å². The summed E-state index contributed by atoms with van der Waals surface area (Å²) in [6.45, 7) is 1.71. The molecule has 0 aliphatic heterocycles. The Balaban J connectivity index is 1.57. The fourth-order valence-electron chi connectivity index (χ4n) is 2.35. The van der Waals surface area contributed by atoms with E-state index in [-0.39, 0.29) is 0 Å². The Morgan fingerprint density at radius 2 is 1.09 bits per heavy atom. The molecule has 0 spiro atoms. The van der Waals surface area contributed by atoms with Crippen LogP contribution in [0.1, 0.15) is 16.7 Å². The molecular formula is C21H20O2. The molecule has 0 amide bonds. The largest absolute Gasteiger partial charge is 0.489 e. The maximum atomic E-state index is 5.95. The highest BCUT2D eigenvalue weighted by Gasteiger charge is 2.04. The van der Waals surface area contributed by atoms with Crippen molar-refractivity contribution in [3.8, 4) is 5.75 Å². The first-order valence-electron chi connectivity index (χ1n) is 7.78. The Morgan fingerprint density at radius 1 is 0.522 bits per heavy atom. The van der Waals surface area contributed by atoms with Crippen LogP contribution in [-0.2, 0) is 24.6 Å². The van der Waals surface area contributed by atoms with Crippen LogP contribution in [0.2, 0.25) is 0 Å². The fourth-order valence-corrected chi connectivity index (χ4v) is 2.35. The van der Waals surface area contributed by atoms with Gasteiger partial charge in [-0.2, -0.15) is 0 Å². The molecule has 3 rings (SSSR count).